The van der Waals surface area contributed by atoms with Crippen molar-refractivity contribution >= 4 is 21.6 Å². The Hall–Kier alpha value is -3.50. The summed E-state index contributed by atoms with van der Waals surface area (Å²) in [5.41, 5.74) is 1.44. The first-order chi connectivity index (χ1) is 14.8. The molecular formula is C23H20N4O2S. The Morgan fingerprint density at radius 3 is 2.60 bits per heavy atom. The molecule has 2 aromatic carbocycles. The van der Waals surface area contributed by atoms with E-state index in [-0.39, 0.29) is 6.01 Å². The van der Waals surface area contributed by atoms with Crippen LogP contribution < -0.4 is 9.47 Å². The lowest BCUT2D eigenvalue weighted by Crippen LogP contribution is -2.03. The molecule has 0 aliphatic carbocycles. The van der Waals surface area contributed by atoms with Gasteiger partial charge < -0.3 is 9.47 Å². The van der Waals surface area contributed by atoms with Crippen LogP contribution in [-0.2, 0) is 0 Å². The second-order valence-corrected chi connectivity index (χ2v) is 7.68. The van der Waals surface area contributed by atoms with E-state index in [4.69, 9.17) is 9.47 Å². The normalized spacial score (nSPS) is 11.7. The third-order valence-corrected chi connectivity index (χ3v) is 5.54. The molecule has 0 fully saturated rings. The summed E-state index contributed by atoms with van der Waals surface area (Å²) < 4.78 is 12.5. The smallest absolute Gasteiger partial charge is 0.322 e. The summed E-state index contributed by atoms with van der Waals surface area (Å²) in [6.45, 7) is 2.82. The molecule has 4 rings (SSSR count). The zero-order valence-corrected chi connectivity index (χ0v) is 17.3. The maximum Gasteiger partial charge on any atom is 0.322 e. The van der Waals surface area contributed by atoms with Gasteiger partial charge >= 0.3 is 6.01 Å². The van der Waals surface area contributed by atoms with E-state index in [2.05, 4.69) is 27.9 Å². The molecular weight excluding hydrogens is 396 g/mol. The topological polar surface area (TPSA) is 80.9 Å². The van der Waals surface area contributed by atoms with E-state index in [1.807, 2.05) is 48.5 Å². The predicted molar refractivity (Wildman–Crippen MR) is 116 cm³/mol. The number of fused-ring (bicyclic) bond motifs is 1. The Kier molecular flexibility index (Phi) is 6.16. The lowest BCUT2D eigenvalue weighted by atomic mass is 10.1. The molecule has 0 spiro atoms. The zero-order chi connectivity index (χ0) is 20.8. The summed E-state index contributed by atoms with van der Waals surface area (Å²) in [6.07, 6.45) is 3.71. The molecule has 2 aromatic heterocycles. The number of unbranched alkanes of at least 4 members (excludes halogenated alkanes) is 1. The van der Waals surface area contributed by atoms with Crippen molar-refractivity contribution in [3.8, 4) is 23.6 Å². The average Bonchev–Trinajstić information content (AvgIpc) is 3.20. The lowest BCUT2D eigenvalue weighted by Gasteiger charge is -2.09. The molecule has 0 amide bonds. The van der Waals surface area contributed by atoms with Gasteiger partial charge in [0.05, 0.1) is 28.6 Å². The molecule has 0 saturated carbocycles. The molecule has 0 N–H and O–H groups in total. The minimum atomic E-state index is -0.581. The lowest BCUT2D eigenvalue weighted by molar-refractivity contribution is 0.309. The fourth-order valence-corrected chi connectivity index (χ4v) is 3.89. The summed E-state index contributed by atoms with van der Waals surface area (Å²) in [7, 11) is 0. The van der Waals surface area contributed by atoms with Crippen molar-refractivity contribution in [2.45, 2.75) is 25.7 Å². The van der Waals surface area contributed by atoms with Gasteiger partial charge in [-0.05, 0) is 48.9 Å². The van der Waals surface area contributed by atoms with Crippen LogP contribution in [0.5, 0.6) is 17.5 Å². The van der Waals surface area contributed by atoms with Crippen molar-refractivity contribution in [2.24, 2.45) is 0 Å². The van der Waals surface area contributed by atoms with Gasteiger partial charge in [0.15, 0.2) is 0 Å². The van der Waals surface area contributed by atoms with E-state index in [9.17, 15) is 5.26 Å². The molecule has 30 heavy (non-hydrogen) atoms. The van der Waals surface area contributed by atoms with Gasteiger partial charge in [0.1, 0.15) is 22.4 Å². The van der Waals surface area contributed by atoms with Crippen LogP contribution in [0.3, 0.4) is 0 Å². The highest BCUT2D eigenvalue weighted by Crippen LogP contribution is 2.31. The van der Waals surface area contributed by atoms with E-state index in [0.29, 0.717) is 23.1 Å². The third-order valence-electron chi connectivity index (χ3n) is 4.44. The molecule has 2 heterocycles. The summed E-state index contributed by atoms with van der Waals surface area (Å²) in [4.78, 5) is 13.2. The minimum Gasteiger partial charge on any atom is -0.494 e. The first kappa shape index (κ1) is 19.8. The number of nitrogens with zero attached hydrogens (tertiary/aromatic N) is 4. The molecule has 0 radical (unpaired) electrons. The van der Waals surface area contributed by atoms with Crippen molar-refractivity contribution in [3.05, 3.63) is 71.5 Å². The van der Waals surface area contributed by atoms with Gasteiger partial charge in [0.2, 0.25) is 0 Å². The Morgan fingerprint density at radius 2 is 1.83 bits per heavy atom. The minimum absolute atomic E-state index is 0.188. The number of thiazole rings is 1. The van der Waals surface area contributed by atoms with Crippen LogP contribution in [0.4, 0.5) is 0 Å². The van der Waals surface area contributed by atoms with Crippen LogP contribution in [-0.4, -0.2) is 21.6 Å². The number of aromatic nitrogens is 3. The first-order valence-electron chi connectivity index (χ1n) is 9.75. The summed E-state index contributed by atoms with van der Waals surface area (Å²) in [5.74, 6) is 0.816. The Bertz CT molecular complexity index is 1130. The number of hydrogen-bond donors (Lipinski definition) is 0. The summed E-state index contributed by atoms with van der Waals surface area (Å²) >= 11 is 1.50. The van der Waals surface area contributed by atoms with Crippen LogP contribution in [0, 0.1) is 11.3 Å². The van der Waals surface area contributed by atoms with Crippen LogP contribution in [0.15, 0.2) is 60.8 Å². The predicted octanol–water partition coefficient (Wildman–Crippen LogP) is 5.71. The summed E-state index contributed by atoms with van der Waals surface area (Å²) in [5, 5.41) is 10.5. The van der Waals surface area contributed by atoms with Gasteiger partial charge in [-0.2, -0.15) is 10.2 Å². The second kappa shape index (κ2) is 9.33. The van der Waals surface area contributed by atoms with E-state index in [1.165, 1.54) is 11.3 Å². The Morgan fingerprint density at radius 1 is 1.03 bits per heavy atom. The van der Waals surface area contributed by atoms with Gasteiger partial charge in [-0.1, -0.05) is 25.5 Å². The van der Waals surface area contributed by atoms with Gasteiger partial charge in [0.25, 0.3) is 0 Å². The highest BCUT2D eigenvalue weighted by Gasteiger charge is 2.20. The molecule has 1 unspecified atom stereocenters. The molecule has 0 aliphatic rings. The van der Waals surface area contributed by atoms with Crippen LogP contribution >= 0.6 is 11.3 Å². The molecule has 150 valence electrons. The van der Waals surface area contributed by atoms with Crippen molar-refractivity contribution in [1.82, 2.24) is 15.0 Å². The van der Waals surface area contributed by atoms with Gasteiger partial charge in [-0.15, -0.1) is 11.3 Å². The number of rotatable bonds is 8. The van der Waals surface area contributed by atoms with Gasteiger partial charge in [-0.3, -0.25) is 0 Å². The van der Waals surface area contributed by atoms with Crippen LogP contribution in [0.1, 0.15) is 36.4 Å². The van der Waals surface area contributed by atoms with Crippen LogP contribution in [0.2, 0.25) is 0 Å². The van der Waals surface area contributed by atoms with Gasteiger partial charge in [0, 0.05) is 6.20 Å². The molecule has 0 bridgehead atoms. The molecule has 0 aliphatic heterocycles. The number of ether oxygens (including phenoxy) is 2. The molecule has 6 nitrogen and oxygen atoms in total. The Balaban J connectivity index is 1.51. The first-order valence-corrected chi connectivity index (χ1v) is 10.6. The van der Waals surface area contributed by atoms with E-state index in [1.54, 1.807) is 12.3 Å². The quantitative estimate of drug-likeness (QED) is 0.342. The van der Waals surface area contributed by atoms with Gasteiger partial charge in [-0.25, -0.2) is 9.97 Å². The highest BCUT2D eigenvalue weighted by molar-refractivity contribution is 7.18. The maximum atomic E-state index is 9.76. The van der Waals surface area contributed by atoms with Crippen molar-refractivity contribution in [3.63, 3.8) is 0 Å². The average molecular weight is 417 g/mol. The van der Waals surface area contributed by atoms with E-state index < -0.39 is 5.92 Å². The van der Waals surface area contributed by atoms with Crippen LogP contribution in [0.25, 0.3) is 10.2 Å². The van der Waals surface area contributed by atoms with E-state index in [0.717, 1.165) is 28.8 Å². The van der Waals surface area contributed by atoms with Crippen molar-refractivity contribution in [2.75, 3.05) is 6.61 Å². The van der Waals surface area contributed by atoms with Crippen molar-refractivity contribution < 1.29 is 9.47 Å². The third kappa shape index (κ3) is 4.56. The highest BCUT2D eigenvalue weighted by atomic mass is 32.1. The maximum absolute atomic E-state index is 9.76. The Labute approximate surface area is 178 Å². The molecule has 7 heteroatoms. The van der Waals surface area contributed by atoms with E-state index >= 15 is 0 Å². The number of benzene rings is 2. The molecule has 4 aromatic rings. The fourth-order valence-electron chi connectivity index (χ4n) is 2.87. The standard InChI is InChI=1S/C23H20N4O2S/c1-2-3-14-28-16-8-10-17(11-9-16)29-23-25-13-12-19(27-23)18(15-24)22-26-20-6-4-5-7-21(20)30-22/h4-13,18H,2-3,14H2,1H3. The number of hydrogen-bond acceptors (Lipinski definition) is 7. The number of para-hydroxylation sites is 1. The monoisotopic (exact) mass is 416 g/mol. The summed E-state index contributed by atoms with van der Waals surface area (Å²) in [6, 6.07) is 19.4. The van der Waals surface area contributed by atoms with Crippen molar-refractivity contribution in [1.29, 1.82) is 5.26 Å². The molecule has 1 atom stereocenters. The fraction of sp³-hybridized carbons (Fsp3) is 0.217. The number of nitriles is 1. The second-order valence-electron chi connectivity index (χ2n) is 6.62. The largest absolute Gasteiger partial charge is 0.494 e. The molecule has 0 saturated heterocycles. The zero-order valence-electron chi connectivity index (χ0n) is 16.5. The SMILES string of the molecule is CCCCOc1ccc(Oc2nccc(C(C#N)c3nc4ccccc4s3)n2)cc1.